The van der Waals surface area contributed by atoms with Crippen LogP contribution < -0.4 is 14.8 Å². The second-order valence-electron chi connectivity index (χ2n) is 5.64. The number of pyridine rings is 1. The van der Waals surface area contributed by atoms with Gasteiger partial charge < -0.3 is 14.8 Å². The molecule has 0 radical (unpaired) electrons. The van der Waals surface area contributed by atoms with Crippen LogP contribution >= 0.6 is 0 Å². The summed E-state index contributed by atoms with van der Waals surface area (Å²) in [7, 11) is 2.77. The van der Waals surface area contributed by atoms with Gasteiger partial charge in [0.1, 0.15) is 0 Å². The lowest BCUT2D eigenvalue weighted by Gasteiger charge is -2.12. The Balaban J connectivity index is 1.88. The van der Waals surface area contributed by atoms with E-state index in [9.17, 15) is 18.0 Å². The van der Waals surface area contributed by atoms with Gasteiger partial charge in [0.05, 0.1) is 26.0 Å². The fraction of sp³-hybridized carbons (Fsp3) is 0.235. The molecule has 0 fully saturated rings. The number of amides is 1. The Kier molecular flexibility index (Phi) is 5.61. The van der Waals surface area contributed by atoms with Crippen LogP contribution in [-0.2, 0) is 12.7 Å². The van der Waals surface area contributed by atoms with Crippen LogP contribution in [0.2, 0.25) is 0 Å². The maximum Gasteiger partial charge on any atom is 0.434 e. The van der Waals surface area contributed by atoms with Crippen LogP contribution in [0.15, 0.2) is 36.7 Å². The number of aromatic nitrogens is 5. The number of ether oxygens (including phenoxy) is 2. The van der Waals surface area contributed by atoms with Crippen molar-refractivity contribution >= 4 is 5.91 Å². The van der Waals surface area contributed by atoms with Crippen LogP contribution in [0.5, 0.6) is 11.8 Å². The topological polar surface area (TPSA) is 104 Å². The fourth-order valence-corrected chi connectivity index (χ4v) is 2.45. The predicted octanol–water partition coefficient (Wildman–Crippen LogP) is 2.02. The molecular formula is C17H15F3N6O3. The molecule has 1 N–H and O–H groups in total. The largest absolute Gasteiger partial charge is 0.481 e. The summed E-state index contributed by atoms with van der Waals surface area (Å²) in [5, 5.41) is 13.4. The molecule has 3 aromatic rings. The van der Waals surface area contributed by atoms with Gasteiger partial charge >= 0.3 is 6.18 Å². The Labute approximate surface area is 162 Å². The maximum atomic E-state index is 13.7. The van der Waals surface area contributed by atoms with E-state index >= 15 is 0 Å². The molecule has 3 heterocycles. The minimum atomic E-state index is -4.86. The van der Waals surface area contributed by atoms with Gasteiger partial charge in [0, 0.05) is 24.9 Å². The highest BCUT2D eigenvalue weighted by Gasteiger charge is 2.41. The summed E-state index contributed by atoms with van der Waals surface area (Å²) in [4.78, 5) is 16.3. The molecule has 3 rings (SSSR count). The number of hydrogen-bond donors (Lipinski definition) is 1. The molecule has 0 spiro atoms. The molecule has 0 aliphatic carbocycles. The van der Waals surface area contributed by atoms with E-state index in [1.165, 1.54) is 32.5 Å². The smallest absolute Gasteiger partial charge is 0.434 e. The van der Waals surface area contributed by atoms with E-state index in [0.717, 1.165) is 6.20 Å². The molecule has 0 aliphatic heterocycles. The lowest BCUT2D eigenvalue weighted by Crippen LogP contribution is -2.26. The van der Waals surface area contributed by atoms with Crippen molar-refractivity contribution in [2.75, 3.05) is 14.2 Å². The van der Waals surface area contributed by atoms with Gasteiger partial charge in [-0.1, -0.05) is 0 Å². The van der Waals surface area contributed by atoms with Crippen LogP contribution in [0.4, 0.5) is 13.2 Å². The minimum absolute atomic E-state index is 0.0253. The average molecular weight is 408 g/mol. The van der Waals surface area contributed by atoms with E-state index in [1.54, 1.807) is 12.1 Å². The van der Waals surface area contributed by atoms with Crippen LogP contribution in [0.25, 0.3) is 5.82 Å². The third kappa shape index (κ3) is 4.42. The third-order valence-electron chi connectivity index (χ3n) is 3.80. The van der Waals surface area contributed by atoms with Crippen molar-refractivity contribution in [3.63, 3.8) is 0 Å². The lowest BCUT2D eigenvalue weighted by atomic mass is 10.2. The summed E-state index contributed by atoms with van der Waals surface area (Å²) in [5.41, 5.74) is -1.30. The van der Waals surface area contributed by atoms with Crippen molar-refractivity contribution in [1.82, 2.24) is 30.3 Å². The van der Waals surface area contributed by atoms with Gasteiger partial charge in [0.15, 0.2) is 11.5 Å². The predicted molar refractivity (Wildman–Crippen MR) is 92.7 cm³/mol. The van der Waals surface area contributed by atoms with Gasteiger partial charge in [-0.05, 0) is 17.7 Å². The number of carbonyl (C=O) groups is 1. The van der Waals surface area contributed by atoms with Crippen molar-refractivity contribution < 1.29 is 27.4 Å². The molecule has 0 atom stereocenters. The second-order valence-corrected chi connectivity index (χ2v) is 5.64. The van der Waals surface area contributed by atoms with Gasteiger partial charge in [-0.2, -0.15) is 18.3 Å². The molecule has 0 saturated heterocycles. The normalized spacial score (nSPS) is 11.2. The molecule has 0 aromatic carbocycles. The van der Waals surface area contributed by atoms with Crippen LogP contribution in [-0.4, -0.2) is 45.1 Å². The number of rotatable bonds is 6. The minimum Gasteiger partial charge on any atom is -0.481 e. The van der Waals surface area contributed by atoms with E-state index in [-0.39, 0.29) is 18.2 Å². The van der Waals surface area contributed by atoms with Crippen molar-refractivity contribution in [3.8, 4) is 17.6 Å². The molecule has 0 aliphatic rings. The number of carbonyl (C=O) groups excluding carboxylic acids is 1. The van der Waals surface area contributed by atoms with Gasteiger partial charge in [-0.3, -0.25) is 4.79 Å². The number of hydrogen-bond acceptors (Lipinski definition) is 7. The second kappa shape index (κ2) is 8.12. The summed E-state index contributed by atoms with van der Waals surface area (Å²) < 4.78 is 51.3. The van der Waals surface area contributed by atoms with Crippen molar-refractivity contribution in [2.45, 2.75) is 12.7 Å². The first kappa shape index (κ1) is 20.0. The Hall–Kier alpha value is -3.70. The number of alkyl halides is 3. The summed E-state index contributed by atoms with van der Waals surface area (Å²) in [6.07, 6.45) is -2.57. The Morgan fingerprint density at radius 2 is 1.90 bits per heavy atom. The van der Waals surface area contributed by atoms with Crippen molar-refractivity contribution in [1.29, 1.82) is 0 Å². The molecule has 1 amide bonds. The molecular weight excluding hydrogens is 393 g/mol. The molecule has 0 unspecified atom stereocenters. The van der Waals surface area contributed by atoms with Crippen LogP contribution in [0.3, 0.4) is 0 Å². The summed E-state index contributed by atoms with van der Waals surface area (Å²) in [6, 6.07) is 5.74. The van der Waals surface area contributed by atoms with Crippen LogP contribution in [0.1, 0.15) is 21.6 Å². The highest BCUT2D eigenvalue weighted by molar-refractivity contribution is 5.95. The molecule has 9 nitrogen and oxygen atoms in total. The summed E-state index contributed by atoms with van der Waals surface area (Å²) >= 11 is 0. The monoisotopic (exact) mass is 408 g/mol. The molecule has 12 heteroatoms. The number of nitrogens with zero attached hydrogens (tertiary/aromatic N) is 5. The Morgan fingerprint density at radius 3 is 2.52 bits per heavy atom. The zero-order valence-electron chi connectivity index (χ0n) is 15.3. The average Bonchev–Trinajstić information content (AvgIpc) is 3.18. The first-order valence-corrected chi connectivity index (χ1v) is 8.14. The molecule has 3 aromatic heterocycles. The Morgan fingerprint density at radius 1 is 1.14 bits per heavy atom. The van der Waals surface area contributed by atoms with Gasteiger partial charge in [-0.15, -0.1) is 10.2 Å². The van der Waals surface area contributed by atoms with E-state index in [4.69, 9.17) is 9.47 Å². The standard InChI is InChI=1S/C17H15F3N6O3/c1-28-13-4-3-12(24-25-13)26-15(17(18,19)20)11(9-23-26)16(27)22-8-10-5-6-21-14(7-10)29-2/h3-7,9H,8H2,1-2H3,(H,22,27). The highest BCUT2D eigenvalue weighted by atomic mass is 19.4. The van der Waals surface area contributed by atoms with E-state index in [1.807, 2.05) is 0 Å². The molecule has 0 bridgehead atoms. The zero-order valence-corrected chi connectivity index (χ0v) is 15.3. The number of nitrogens with one attached hydrogen (secondary N) is 1. The van der Waals surface area contributed by atoms with Crippen LogP contribution in [0, 0.1) is 0 Å². The SMILES string of the molecule is COc1cc(CNC(=O)c2cnn(-c3ccc(OC)nn3)c2C(F)(F)F)ccn1. The van der Waals surface area contributed by atoms with E-state index in [2.05, 4.69) is 25.6 Å². The Bertz CT molecular complexity index is 1000. The first-order valence-electron chi connectivity index (χ1n) is 8.14. The highest BCUT2D eigenvalue weighted by Crippen LogP contribution is 2.33. The number of methoxy groups -OCH3 is 2. The van der Waals surface area contributed by atoms with Gasteiger partial charge in [0.25, 0.3) is 5.91 Å². The number of halogens is 3. The first-order chi connectivity index (χ1) is 13.8. The van der Waals surface area contributed by atoms with Gasteiger partial charge in [0.2, 0.25) is 11.8 Å². The summed E-state index contributed by atoms with van der Waals surface area (Å²) in [5.74, 6) is -0.712. The van der Waals surface area contributed by atoms with E-state index in [0.29, 0.717) is 16.1 Å². The third-order valence-corrected chi connectivity index (χ3v) is 3.80. The summed E-state index contributed by atoms with van der Waals surface area (Å²) in [6.45, 7) is -0.0253. The van der Waals surface area contributed by atoms with Crippen molar-refractivity contribution in [2.24, 2.45) is 0 Å². The zero-order chi connectivity index (χ0) is 21.0. The lowest BCUT2D eigenvalue weighted by molar-refractivity contribution is -0.143. The van der Waals surface area contributed by atoms with Gasteiger partial charge in [-0.25, -0.2) is 9.67 Å². The molecule has 0 saturated carbocycles. The van der Waals surface area contributed by atoms with Crippen molar-refractivity contribution in [3.05, 3.63) is 53.5 Å². The maximum absolute atomic E-state index is 13.7. The molecule has 29 heavy (non-hydrogen) atoms. The molecule has 152 valence electrons. The van der Waals surface area contributed by atoms with E-state index < -0.39 is 23.3 Å². The fourth-order valence-electron chi connectivity index (χ4n) is 2.45. The quantitative estimate of drug-likeness (QED) is 0.665.